The number of halogens is 1. The van der Waals surface area contributed by atoms with Crippen molar-refractivity contribution in [3.05, 3.63) is 33.8 Å². The summed E-state index contributed by atoms with van der Waals surface area (Å²) in [5, 5.41) is 5.44. The van der Waals surface area contributed by atoms with E-state index >= 15 is 0 Å². The van der Waals surface area contributed by atoms with Gasteiger partial charge in [-0.05, 0) is 51.5 Å². The topological polar surface area (TPSA) is 58.2 Å². The highest BCUT2D eigenvalue weighted by atomic mass is 79.9. The molecule has 0 aromatic heterocycles. The molecule has 0 saturated heterocycles. The van der Waals surface area contributed by atoms with Crippen molar-refractivity contribution in [2.24, 2.45) is 0 Å². The van der Waals surface area contributed by atoms with Crippen molar-refractivity contribution < 1.29 is 9.59 Å². The third-order valence-electron chi connectivity index (χ3n) is 2.48. The molecular weight excluding hydrogens is 308 g/mol. The molecule has 1 unspecified atom stereocenters. The first-order valence-electron chi connectivity index (χ1n) is 6.18. The summed E-state index contributed by atoms with van der Waals surface area (Å²) in [5.41, 5.74) is 1.52. The van der Waals surface area contributed by atoms with Crippen molar-refractivity contribution in [3.63, 3.8) is 0 Å². The SMILES string of the molecule is Cc1cc(Br)cc(C(=O)NC(C)C(=O)NC(C)C)c1. The number of nitrogens with one attached hydrogen (secondary N) is 2. The van der Waals surface area contributed by atoms with E-state index in [9.17, 15) is 9.59 Å². The maximum absolute atomic E-state index is 12.0. The molecule has 0 heterocycles. The predicted molar refractivity (Wildman–Crippen MR) is 79.1 cm³/mol. The Hall–Kier alpha value is -1.36. The Kier molecular flexibility index (Phi) is 5.54. The summed E-state index contributed by atoms with van der Waals surface area (Å²) >= 11 is 3.35. The monoisotopic (exact) mass is 326 g/mol. The summed E-state index contributed by atoms with van der Waals surface area (Å²) in [7, 11) is 0. The Morgan fingerprint density at radius 2 is 1.74 bits per heavy atom. The number of carbonyl (C=O) groups excluding carboxylic acids is 2. The molecule has 4 nitrogen and oxygen atoms in total. The van der Waals surface area contributed by atoms with E-state index in [1.807, 2.05) is 26.8 Å². The van der Waals surface area contributed by atoms with Crippen LogP contribution in [0.4, 0.5) is 0 Å². The molecule has 0 bridgehead atoms. The summed E-state index contributed by atoms with van der Waals surface area (Å²) in [6, 6.07) is 4.93. The van der Waals surface area contributed by atoms with Crippen LogP contribution in [0.25, 0.3) is 0 Å². The Balaban J connectivity index is 2.71. The second kappa shape index (κ2) is 6.70. The molecule has 0 spiro atoms. The third-order valence-corrected chi connectivity index (χ3v) is 2.93. The third kappa shape index (κ3) is 5.03. The van der Waals surface area contributed by atoms with Crippen LogP contribution in [0.3, 0.4) is 0 Å². The summed E-state index contributed by atoms with van der Waals surface area (Å²) < 4.78 is 0.844. The van der Waals surface area contributed by atoms with Gasteiger partial charge in [-0.3, -0.25) is 9.59 Å². The lowest BCUT2D eigenvalue weighted by atomic mass is 10.1. The van der Waals surface area contributed by atoms with Crippen LogP contribution in [-0.2, 0) is 4.79 Å². The van der Waals surface area contributed by atoms with Gasteiger partial charge in [-0.2, -0.15) is 0 Å². The Morgan fingerprint density at radius 3 is 2.26 bits per heavy atom. The van der Waals surface area contributed by atoms with Gasteiger partial charge in [0, 0.05) is 16.1 Å². The second-order valence-corrected chi connectivity index (χ2v) is 5.79. The first kappa shape index (κ1) is 15.7. The number of hydrogen-bond acceptors (Lipinski definition) is 2. The smallest absolute Gasteiger partial charge is 0.251 e. The quantitative estimate of drug-likeness (QED) is 0.892. The van der Waals surface area contributed by atoms with E-state index in [-0.39, 0.29) is 17.9 Å². The average molecular weight is 327 g/mol. The van der Waals surface area contributed by atoms with Crippen molar-refractivity contribution in [1.82, 2.24) is 10.6 Å². The highest BCUT2D eigenvalue weighted by Crippen LogP contribution is 2.15. The van der Waals surface area contributed by atoms with E-state index in [2.05, 4.69) is 26.6 Å². The van der Waals surface area contributed by atoms with Crippen LogP contribution < -0.4 is 10.6 Å². The van der Waals surface area contributed by atoms with Crippen LogP contribution in [0.5, 0.6) is 0 Å². The van der Waals surface area contributed by atoms with Crippen molar-refractivity contribution in [2.45, 2.75) is 39.8 Å². The van der Waals surface area contributed by atoms with Crippen molar-refractivity contribution in [1.29, 1.82) is 0 Å². The van der Waals surface area contributed by atoms with E-state index in [0.717, 1.165) is 10.0 Å². The van der Waals surface area contributed by atoms with Crippen LogP contribution in [-0.4, -0.2) is 23.9 Å². The normalized spacial score (nSPS) is 12.1. The van der Waals surface area contributed by atoms with E-state index in [1.165, 1.54) is 0 Å². The molecule has 1 aromatic carbocycles. The summed E-state index contributed by atoms with van der Waals surface area (Å²) in [5.74, 6) is -0.439. The minimum atomic E-state index is -0.561. The van der Waals surface area contributed by atoms with Gasteiger partial charge < -0.3 is 10.6 Å². The van der Waals surface area contributed by atoms with Crippen molar-refractivity contribution in [2.75, 3.05) is 0 Å². The zero-order valence-electron chi connectivity index (χ0n) is 11.6. The minimum Gasteiger partial charge on any atom is -0.352 e. The lowest BCUT2D eigenvalue weighted by Crippen LogP contribution is -2.46. The fraction of sp³-hybridized carbons (Fsp3) is 0.429. The predicted octanol–water partition coefficient (Wildman–Crippen LogP) is 2.40. The highest BCUT2D eigenvalue weighted by molar-refractivity contribution is 9.10. The van der Waals surface area contributed by atoms with Gasteiger partial charge in [0.25, 0.3) is 5.91 Å². The average Bonchev–Trinajstić information content (AvgIpc) is 2.26. The van der Waals surface area contributed by atoms with E-state index in [0.29, 0.717) is 5.56 Å². The molecule has 0 saturated carbocycles. The fourth-order valence-electron chi connectivity index (χ4n) is 1.62. The van der Waals surface area contributed by atoms with E-state index in [4.69, 9.17) is 0 Å². The van der Waals surface area contributed by atoms with Gasteiger partial charge in [-0.1, -0.05) is 15.9 Å². The molecule has 19 heavy (non-hydrogen) atoms. The standard InChI is InChI=1S/C14H19BrN2O2/c1-8(2)16-13(18)10(4)17-14(19)11-5-9(3)6-12(15)7-11/h5-8,10H,1-4H3,(H,16,18)(H,17,19). The van der Waals surface area contributed by atoms with Crippen LogP contribution in [0.1, 0.15) is 36.7 Å². The maximum Gasteiger partial charge on any atom is 0.251 e. The first-order chi connectivity index (χ1) is 8.79. The van der Waals surface area contributed by atoms with Crippen molar-refractivity contribution in [3.8, 4) is 0 Å². The van der Waals surface area contributed by atoms with Gasteiger partial charge in [-0.15, -0.1) is 0 Å². The molecule has 0 radical (unpaired) electrons. The van der Waals surface area contributed by atoms with Gasteiger partial charge >= 0.3 is 0 Å². The second-order valence-electron chi connectivity index (χ2n) is 4.88. The molecule has 0 aliphatic rings. The van der Waals surface area contributed by atoms with Gasteiger partial charge in [-0.25, -0.2) is 0 Å². The molecule has 1 aromatic rings. The number of benzene rings is 1. The Bertz CT molecular complexity index is 466. The zero-order chi connectivity index (χ0) is 14.6. The molecule has 0 fully saturated rings. The highest BCUT2D eigenvalue weighted by Gasteiger charge is 2.17. The molecule has 0 aliphatic carbocycles. The van der Waals surface area contributed by atoms with Gasteiger partial charge in [0.05, 0.1) is 0 Å². The first-order valence-corrected chi connectivity index (χ1v) is 6.97. The van der Waals surface area contributed by atoms with Gasteiger partial charge in [0.1, 0.15) is 6.04 Å². The largest absolute Gasteiger partial charge is 0.352 e. The zero-order valence-corrected chi connectivity index (χ0v) is 13.2. The summed E-state index contributed by atoms with van der Waals surface area (Å²) in [4.78, 5) is 23.8. The molecule has 5 heteroatoms. The number of hydrogen-bond donors (Lipinski definition) is 2. The van der Waals surface area contributed by atoms with Gasteiger partial charge in [0.15, 0.2) is 0 Å². The lowest BCUT2D eigenvalue weighted by Gasteiger charge is -2.16. The fourth-order valence-corrected chi connectivity index (χ4v) is 2.23. The van der Waals surface area contributed by atoms with Crippen LogP contribution in [0.2, 0.25) is 0 Å². The maximum atomic E-state index is 12.0. The Labute approximate surface area is 122 Å². The van der Waals surface area contributed by atoms with Crippen LogP contribution in [0, 0.1) is 6.92 Å². The lowest BCUT2D eigenvalue weighted by molar-refractivity contribution is -0.123. The number of amides is 2. The molecule has 2 N–H and O–H groups in total. The van der Waals surface area contributed by atoms with Gasteiger partial charge in [0.2, 0.25) is 5.91 Å². The van der Waals surface area contributed by atoms with E-state index in [1.54, 1.807) is 19.1 Å². The summed E-state index contributed by atoms with van der Waals surface area (Å²) in [6.45, 7) is 7.34. The number of carbonyl (C=O) groups is 2. The number of aryl methyl sites for hydroxylation is 1. The molecule has 0 aliphatic heterocycles. The minimum absolute atomic E-state index is 0.0555. The summed E-state index contributed by atoms with van der Waals surface area (Å²) in [6.07, 6.45) is 0. The molecule has 104 valence electrons. The van der Waals surface area contributed by atoms with E-state index < -0.39 is 6.04 Å². The molecule has 1 rings (SSSR count). The van der Waals surface area contributed by atoms with Crippen LogP contribution in [0.15, 0.2) is 22.7 Å². The molecular formula is C14H19BrN2O2. The van der Waals surface area contributed by atoms with Crippen molar-refractivity contribution >= 4 is 27.7 Å². The molecule has 1 atom stereocenters. The Morgan fingerprint density at radius 1 is 1.11 bits per heavy atom. The van der Waals surface area contributed by atoms with Crippen LogP contribution >= 0.6 is 15.9 Å². The molecule has 2 amide bonds. The number of rotatable bonds is 4.